The first kappa shape index (κ1) is 19.6. The van der Waals surface area contributed by atoms with Gasteiger partial charge >= 0.3 is 6.18 Å². The van der Waals surface area contributed by atoms with E-state index < -0.39 is 11.7 Å². The molecule has 152 valence electrons. The second-order valence-corrected chi connectivity index (χ2v) is 8.02. The van der Waals surface area contributed by atoms with Crippen molar-refractivity contribution in [3.63, 3.8) is 0 Å². The fraction of sp³-hybridized carbons (Fsp3) is 0.300. The molecule has 0 aliphatic carbocycles. The highest BCUT2D eigenvalue weighted by atomic mass is 32.2. The summed E-state index contributed by atoms with van der Waals surface area (Å²) in [6.07, 6.45) is 2.21. The molecule has 1 amide bonds. The molecule has 0 saturated carbocycles. The normalized spacial score (nSPS) is 15.4. The molecule has 1 aromatic carbocycles. The Bertz CT molecular complexity index is 992. The second-order valence-electron chi connectivity index (χ2n) is 6.79. The Morgan fingerprint density at radius 3 is 2.55 bits per heavy atom. The summed E-state index contributed by atoms with van der Waals surface area (Å²) < 4.78 is 42.5. The number of thioether (sulfide) groups is 1. The molecule has 29 heavy (non-hydrogen) atoms. The maximum atomic E-state index is 13.2. The van der Waals surface area contributed by atoms with Gasteiger partial charge in [0.2, 0.25) is 0 Å². The highest BCUT2D eigenvalue weighted by molar-refractivity contribution is 7.99. The lowest BCUT2D eigenvalue weighted by Crippen LogP contribution is -2.37. The molecule has 3 heterocycles. The van der Waals surface area contributed by atoms with Gasteiger partial charge in [-0.2, -0.15) is 30.0 Å². The second kappa shape index (κ2) is 7.98. The third kappa shape index (κ3) is 4.19. The molecule has 0 bridgehead atoms. The minimum atomic E-state index is -4.46. The maximum absolute atomic E-state index is 13.2. The molecule has 1 aliphatic heterocycles. The van der Waals surface area contributed by atoms with Gasteiger partial charge in [0, 0.05) is 18.4 Å². The molecule has 2 aromatic heterocycles. The third-order valence-corrected chi connectivity index (χ3v) is 5.86. The molecule has 1 saturated heterocycles. The van der Waals surface area contributed by atoms with E-state index in [2.05, 4.69) is 10.4 Å². The van der Waals surface area contributed by atoms with Gasteiger partial charge in [0.15, 0.2) is 5.82 Å². The van der Waals surface area contributed by atoms with Crippen LogP contribution < -0.4 is 5.32 Å². The largest absolute Gasteiger partial charge is 0.416 e. The summed E-state index contributed by atoms with van der Waals surface area (Å²) in [4.78, 5) is 12.9. The number of amides is 1. The van der Waals surface area contributed by atoms with E-state index in [1.165, 1.54) is 23.0 Å². The van der Waals surface area contributed by atoms with E-state index in [9.17, 15) is 18.0 Å². The average molecular weight is 420 g/mol. The van der Waals surface area contributed by atoms with E-state index in [1.54, 1.807) is 29.1 Å². The van der Waals surface area contributed by atoms with Crippen LogP contribution >= 0.6 is 11.8 Å². The van der Waals surface area contributed by atoms with Crippen LogP contribution in [0.4, 0.5) is 13.2 Å². The molecule has 0 atom stereocenters. The zero-order valence-electron chi connectivity index (χ0n) is 15.4. The van der Waals surface area contributed by atoms with Gasteiger partial charge in [0.05, 0.1) is 17.4 Å². The van der Waals surface area contributed by atoms with Gasteiger partial charge in [-0.15, -0.1) is 0 Å². The van der Waals surface area contributed by atoms with Gasteiger partial charge in [0.25, 0.3) is 5.91 Å². The zero-order valence-corrected chi connectivity index (χ0v) is 16.2. The summed E-state index contributed by atoms with van der Waals surface area (Å²) in [5.41, 5.74) is -0.219. The van der Waals surface area contributed by atoms with Crippen molar-refractivity contribution in [2.75, 3.05) is 11.5 Å². The number of halogens is 3. The molecule has 1 N–H and O–H groups in total. The van der Waals surface area contributed by atoms with Crippen molar-refractivity contribution in [3.05, 3.63) is 66.1 Å². The monoisotopic (exact) mass is 420 g/mol. The van der Waals surface area contributed by atoms with Crippen molar-refractivity contribution in [3.8, 4) is 11.5 Å². The van der Waals surface area contributed by atoms with Gasteiger partial charge in [-0.05, 0) is 54.7 Å². The number of nitrogens with zero attached hydrogens (tertiary/aromatic N) is 3. The molecule has 1 aliphatic rings. The van der Waals surface area contributed by atoms with Crippen LogP contribution in [0.15, 0.2) is 55.0 Å². The Balaban J connectivity index is 1.73. The van der Waals surface area contributed by atoms with Crippen LogP contribution in [-0.4, -0.2) is 37.8 Å². The van der Waals surface area contributed by atoms with Crippen LogP contribution in [0.1, 0.15) is 28.8 Å². The number of aromatic nitrogens is 3. The molecule has 1 fully saturated rings. The van der Waals surface area contributed by atoms with E-state index in [0.717, 1.165) is 36.5 Å². The van der Waals surface area contributed by atoms with Crippen molar-refractivity contribution in [2.24, 2.45) is 0 Å². The van der Waals surface area contributed by atoms with Gasteiger partial charge in [-0.1, -0.05) is 6.07 Å². The van der Waals surface area contributed by atoms with Gasteiger partial charge in [0.1, 0.15) is 5.56 Å². The van der Waals surface area contributed by atoms with Crippen molar-refractivity contribution in [1.29, 1.82) is 0 Å². The highest BCUT2D eigenvalue weighted by Crippen LogP contribution is 2.31. The fourth-order valence-electron chi connectivity index (χ4n) is 3.33. The molecule has 0 spiro atoms. The summed E-state index contributed by atoms with van der Waals surface area (Å²) in [6, 6.07) is 8.57. The minimum absolute atomic E-state index is 0.0955. The predicted octanol–water partition coefficient (Wildman–Crippen LogP) is 4.31. The smallest absolute Gasteiger partial charge is 0.349 e. The first-order valence-corrected chi connectivity index (χ1v) is 10.4. The van der Waals surface area contributed by atoms with E-state index in [-0.39, 0.29) is 17.6 Å². The Morgan fingerprint density at radius 1 is 1.14 bits per heavy atom. The Morgan fingerprint density at radius 2 is 1.86 bits per heavy atom. The summed E-state index contributed by atoms with van der Waals surface area (Å²) >= 11 is 1.86. The highest BCUT2D eigenvalue weighted by Gasteiger charge is 2.31. The van der Waals surface area contributed by atoms with Crippen molar-refractivity contribution >= 4 is 17.7 Å². The lowest BCUT2D eigenvalue weighted by molar-refractivity contribution is -0.137. The summed E-state index contributed by atoms with van der Waals surface area (Å²) in [5, 5.41) is 7.28. The SMILES string of the molecule is O=C(NC1CCSCC1)c1cnn(-c2cccc(C(F)(F)F)c2)c1-n1cccc1. The number of carbonyl (C=O) groups is 1. The van der Waals surface area contributed by atoms with E-state index in [1.807, 2.05) is 11.8 Å². The number of benzene rings is 1. The van der Waals surface area contributed by atoms with Crippen LogP contribution in [0.5, 0.6) is 0 Å². The number of hydrogen-bond donors (Lipinski definition) is 1. The quantitative estimate of drug-likeness (QED) is 0.685. The molecule has 5 nitrogen and oxygen atoms in total. The number of alkyl halides is 3. The van der Waals surface area contributed by atoms with Crippen molar-refractivity contribution in [1.82, 2.24) is 19.7 Å². The number of rotatable bonds is 4. The minimum Gasteiger partial charge on any atom is -0.349 e. The van der Waals surface area contributed by atoms with Crippen molar-refractivity contribution < 1.29 is 18.0 Å². The molecular weight excluding hydrogens is 401 g/mol. The van der Waals surface area contributed by atoms with E-state index >= 15 is 0 Å². The first-order valence-electron chi connectivity index (χ1n) is 9.21. The number of carbonyl (C=O) groups excluding carboxylic acids is 1. The Kier molecular flexibility index (Phi) is 5.40. The van der Waals surface area contributed by atoms with Crippen LogP contribution in [-0.2, 0) is 6.18 Å². The molecule has 4 rings (SSSR count). The van der Waals surface area contributed by atoms with Crippen LogP contribution in [0.2, 0.25) is 0 Å². The van der Waals surface area contributed by atoms with Crippen LogP contribution in [0.25, 0.3) is 11.5 Å². The van der Waals surface area contributed by atoms with Crippen LogP contribution in [0, 0.1) is 0 Å². The van der Waals surface area contributed by atoms with Gasteiger partial charge in [-0.3, -0.25) is 4.79 Å². The van der Waals surface area contributed by atoms with E-state index in [4.69, 9.17) is 0 Å². The summed E-state index contributed by atoms with van der Waals surface area (Å²) in [5.74, 6) is 2.12. The summed E-state index contributed by atoms with van der Waals surface area (Å²) in [6.45, 7) is 0. The molecule has 9 heteroatoms. The third-order valence-electron chi connectivity index (χ3n) is 4.81. The molecule has 0 radical (unpaired) electrons. The Labute approximate surface area is 169 Å². The lowest BCUT2D eigenvalue weighted by Gasteiger charge is -2.22. The first-order chi connectivity index (χ1) is 13.9. The lowest BCUT2D eigenvalue weighted by atomic mass is 10.1. The van der Waals surface area contributed by atoms with Gasteiger partial charge < -0.3 is 9.88 Å². The fourth-order valence-corrected chi connectivity index (χ4v) is 4.44. The topological polar surface area (TPSA) is 51.9 Å². The number of hydrogen-bond acceptors (Lipinski definition) is 3. The van der Waals surface area contributed by atoms with Crippen molar-refractivity contribution in [2.45, 2.75) is 25.1 Å². The molecular formula is C20H19F3N4OS. The average Bonchev–Trinajstić information content (AvgIpc) is 3.37. The molecule has 0 unspecified atom stereocenters. The van der Waals surface area contributed by atoms with Crippen LogP contribution in [0.3, 0.4) is 0 Å². The zero-order chi connectivity index (χ0) is 20.4. The van der Waals surface area contributed by atoms with E-state index in [0.29, 0.717) is 11.4 Å². The van der Waals surface area contributed by atoms with Gasteiger partial charge in [-0.25, -0.2) is 4.68 Å². The number of nitrogens with one attached hydrogen (secondary N) is 1. The standard InChI is InChI=1S/C20H19F3N4OS/c21-20(22,23)14-4-3-5-16(12-14)27-19(26-8-1-2-9-26)17(13-24-27)18(28)25-15-6-10-29-11-7-15/h1-5,8-9,12-13,15H,6-7,10-11H2,(H,25,28). The Hall–Kier alpha value is -2.68. The maximum Gasteiger partial charge on any atom is 0.416 e. The molecule has 3 aromatic rings. The summed E-state index contributed by atoms with van der Waals surface area (Å²) in [7, 11) is 0. The predicted molar refractivity (Wildman–Crippen MR) is 106 cm³/mol.